The molecule has 0 saturated carbocycles. The van der Waals surface area contributed by atoms with E-state index in [1.807, 2.05) is 4.98 Å². The number of H-pyrrole nitrogens is 2. The van der Waals surface area contributed by atoms with Crippen molar-refractivity contribution in [3.05, 3.63) is 32.6 Å². The Balaban J connectivity index is 2.41. The normalized spacial score (nSPS) is 9.95. The summed E-state index contributed by atoms with van der Waals surface area (Å²) >= 11 is 0. The summed E-state index contributed by atoms with van der Waals surface area (Å²) in [6.45, 7) is 2.13. The predicted octanol–water partition coefficient (Wildman–Crippen LogP) is -1.32. The number of carbonyl (C=O) groups is 2. The van der Waals surface area contributed by atoms with Crippen LogP contribution in [-0.4, -0.2) is 35.0 Å². The molecule has 0 aromatic carbocycles. The van der Waals surface area contributed by atoms with Crippen LogP contribution in [0.25, 0.3) is 0 Å². The van der Waals surface area contributed by atoms with Crippen LogP contribution in [0, 0.1) is 0 Å². The zero-order valence-electron chi connectivity index (χ0n) is 10.4. The zero-order valence-corrected chi connectivity index (χ0v) is 10.4. The summed E-state index contributed by atoms with van der Waals surface area (Å²) in [4.78, 5) is 48.8. The molecule has 0 atom stereocenters. The second-order valence-electron chi connectivity index (χ2n) is 3.69. The van der Waals surface area contributed by atoms with E-state index in [9.17, 15) is 19.2 Å². The lowest BCUT2D eigenvalue weighted by Crippen LogP contribution is -2.30. The fraction of sp³-hybridized carbons (Fsp3) is 0.455. The molecule has 0 radical (unpaired) electrons. The molecule has 0 aliphatic carbocycles. The van der Waals surface area contributed by atoms with Gasteiger partial charge < -0.3 is 15.0 Å². The lowest BCUT2D eigenvalue weighted by molar-refractivity contribution is -0.143. The van der Waals surface area contributed by atoms with Crippen molar-refractivity contribution >= 4 is 11.9 Å². The van der Waals surface area contributed by atoms with E-state index < -0.39 is 23.1 Å². The number of aromatic nitrogens is 2. The highest BCUT2D eigenvalue weighted by atomic mass is 16.5. The van der Waals surface area contributed by atoms with Gasteiger partial charge in [0.1, 0.15) is 0 Å². The Bertz CT molecular complexity index is 532. The van der Waals surface area contributed by atoms with E-state index in [1.54, 1.807) is 6.92 Å². The predicted molar refractivity (Wildman–Crippen MR) is 65.6 cm³/mol. The van der Waals surface area contributed by atoms with Gasteiger partial charge in [0.05, 0.1) is 19.4 Å². The first-order valence-electron chi connectivity index (χ1n) is 5.76. The van der Waals surface area contributed by atoms with Gasteiger partial charge in [0, 0.05) is 18.3 Å². The molecular weight excluding hydrogens is 254 g/mol. The van der Waals surface area contributed by atoms with Crippen LogP contribution in [0.3, 0.4) is 0 Å². The summed E-state index contributed by atoms with van der Waals surface area (Å²) < 4.78 is 4.69. The first kappa shape index (κ1) is 14.7. The third-order valence-corrected chi connectivity index (χ3v) is 2.12. The minimum Gasteiger partial charge on any atom is -0.466 e. The molecule has 8 heteroatoms. The summed E-state index contributed by atoms with van der Waals surface area (Å²) in [5.41, 5.74) is -1.03. The lowest BCUT2D eigenvalue weighted by atomic mass is 10.3. The number of hydrogen-bond donors (Lipinski definition) is 3. The van der Waals surface area contributed by atoms with E-state index >= 15 is 0 Å². The van der Waals surface area contributed by atoms with Crippen LogP contribution >= 0.6 is 0 Å². The van der Waals surface area contributed by atoms with Gasteiger partial charge in [-0.1, -0.05) is 0 Å². The second kappa shape index (κ2) is 7.14. The van der Waals surface area contributed by atoms with Crippen LogP contribution in [0.1, 0.15) is 19.0 Å². The summed E-state index contributed by atoms with van der Waals surface area (Å²) in [5, 5.41) is 2.49. The minimum atomic E-state index is -0.665. The highest BCUT2D eigenvalue weighted by molar-refractivity contribution is 5.78. The molecule has 0 bridgehead atoms. The third-order valence-electron chi connectivity index (χ3n) is 2.12. The quantitative estimate of drug-likeness (QED) is 0.553. The summed E-state index contributed by atoms with van der Waals surface area (Å²) in [7, 11) is 0. The van der Waals surface area contributed by atoms with Gasteiger partial charge in [-0.3, -0.25) is 19.4 Å². The molecular formula is C11H15N3O5. The minimum absolute atomic E-state index is 0.0749. The van der Waals surface area contributed by atoms with E-state index in [2.05, 4.69) is 10.3 Å². The van der Waals surface area contributed by atoms with Crippen LogP contribution in [0.5, 0.6) is 0 Å². The van der Waals surface area contributed by atoms with E-state index in [0.717, 1.165) is 6.07 Å². The van der Waals surface area contributed by atoms with Crippen LogP contribution in [0.4, 0.5) is 0 Å². The van der Waals surface area contributed by atoms with Crippen LogP contribution in [0.15, 0.2) is 15.7 Å². The van der Waals surface area contributed by atoms with Crippen molar-refractivity contribution in [1.29, 1.82) is 0 Å². The van der Waals surface area contributed by atoms with Gasteiger partial charge in [-0.25, -0.2) is 4.79 Å². The number of esters is 1. The molecule has 0 unspecified atom stereocenters. The number of aromatic amines is 2. The highest BCUT2D eigenvalue weighted by Crippen LogP contribution is 1.89. The Hall–Kier alpha value is -2.38. The van der Waals surface area contributed by atoms with Gasteiger partial charge in [0.2, 0.25) is 5.91 Å². The van der Waals surface area contributed by atoms with Gasteiger partial charge >= 0.3 is 11.7 Å². The van der Waals surface area contributed by atoms with E-state index in [1.165, 1.54) is 0 Å². The smallest absolute Gasteiger partial charge is 0.325 e. The average Bonchev–Trinajstić information content (AvgIpc) is 2.27. The molecule has 104 valence electrons. The largest absolute Gasteiger partial charge is 0.466 e. The van der Waals surface area contributed by atoms with Gasteiger partial charge in [-0.15, -0.1) is 0 Å². The number of ether oxygens (including phenoxy) is 1. The first-order valence-corrected chi connectivity index (χ1v) is 5.76. The molecule has 0 fully saturated rings. The maximum Gasteiger partial charge on any atom is 0.325 e. The highest BCUT2D eigenvalue weighted by Gasteiger charge is 2.07. The van der Waals surface area contributed by atoms with Gasteiger partial charge in [0.25, 0.3) is 5.56 Å². The Morgan fingerprint density at radius 3 is 2.68 bits per heavy atom. The zero-order chi connectivity index (χ0) is 14.3. The molecule has 0 saturated heterocycles. The number of carbonyl (C=O) groups excluding carboxylic acids is 2. The van der Waals surface area contributed by atoms with Crippen LogP contribution < -0.4 is 16.6 Å². The number of rotatable bonds is 6. The Morgan fingerprint density at radius 1 is 1.32 bits per heavy atom. The molecule has 1 aromatic heterocycles. The summed E-state index contributed by atoms with van der Waals surface area (Å²) in [5.74, 6) is -0.794. The van der Waals surface area contributed by atoms with Crippen LogP contribution in [0.2, 0.25) is 0 Å². The molecule has 3 N–H and O–H groups in total. The van der Waals surface area contributed by atoms with Crippen molar-refractivity contribution in [3.63, 3.8) is 0 Å². The Kier molecular flexibility index (Phi) is 5.52. The molecule has 1 amide bonds. The van der Waals surface area contributed by atoms with Gasteiger partial charge in [-0.2, -0.15) is 0 Å². The van der Waals surface area contributed by atoms with Crippen molar-refractivity contribution in [3.8, 4) is 0 Å². The van der Waals surface area contributed by atoms with Gasteiger partial charge in [-0.05, 0) is 6.92 Å². The van der Waals surface area contributed by atoms with E-state index in [-0.39, 0.29) is 25.1 Å². The Morgan fingerprint density at radius 2 is 2.05 bits per heavy atom. The molecule has 1 rings (SSSR count). The van der Waals surface area contributed by atoms with Crippen LogP contribution in [-0.2, 0) is 20.7 Å². The third kappa shape index (κ3) is 5.66. The topological polar surface area (TPSA) is 121 Å². The van der Waals surface area contributed by atoms with Crippen molar-refractivity contribution in [2.75, 3.05) is 13.2 Å². The van der Waals surface area contributed by atoms with E-state index in [0.29, 0.717) is 6.61 Å². The van der Waals surface area contributed by atoms with Crippen molar-refractivity contribution < 1.29 is 14.3 Å². The summed E-state index contributed by atoms with van der Waals surface area (Å²) in [6, 6.07) is 1.13. The molecule has 8 nitrogen and oxygen atoms in total. The molecule has 0 spiro atoms. The lowest BCUT2D eigenvalue weighted by Gasteiger charge is -2.04. The fourth-order valence-corrected chi connectivity index (χ4v) is 1.39. The van der Waals surface area contributed by atoms with Crippen molar-refractivity contribution in [2.24, 2.45) is 0 Å². The molecule has 0 aliphatic rings. The van der Waals surface area contributed by atoms with E-state index in [4.69, 9.17) is 4.74 Å². The maximum atomic E-state index is 11.5. The number of amides is 1. The number of nitrogens with one attached hydrogen (secondary N) is 3. The maximum absolute atomic E-state index is 11.5. The molecule has 1 heterocycles. The summed E-state index contributed by atoms with van der Waals surface area (Å²) in [6.07, 6.45) is -0.0620. The standard InChI is InChI=1S/C11H15N3O5/c1-2-19-10(17)3-4-12-8(15)5-7-6-9(16)14-11(18)13-7/h6H,2-5H2,1H3,(H,12,15)(H2,13,14,16,18). The van der Waals surface area contributed by atoms with Crippen molar-refractivity contribution in [1.82, 2.24) is 15.3 Å². The fourth-order valence-electron chi connectivity index (χ4n) is 1.39. The second-order valence-corrected chi connectivity index (χ2v) is 3.69. The first-order chi connectivity index (χ1) is 9.01. The average molecular weight is 269 g/mol. The monoisotopic (exact) mass is 269 g/mol. The Labute approximate surface area is 108 Å². The molecule has 1 aromatic rings. The molecule has 0 aliphatic heterocycles. The van der Waals surface area contributed by atoms with Crippen molar-refractivity contribution in [2.45, 2.75) is 19.8 Å². The number of hydrogen-bond acceptors (Lipinski definition) is 5. The molecule has 19 heavy (non-hydrogen) atoms. The SMILES string of the molecule is CCOC(=O)CCNC(=O)Cc1cc(=O)[nH]c(=O)[nH]1. The van der Waals surface area contributed by atoms with Gasteiger partial charge in [0.15, 0.2) is 0 Å².